The lowest BCUT2D eigenvalue weighted by Gasteiger charge is -2.04. The van der Waals surface area contributed by atoms with Crippen molar-refractivity contribution in [2.75, 3.05) is 0 Å². The minimum atomic E-state index is -0.359. The molecular weight excluding hydrogens is 263 g/mol. The Bertz CT molecular complexity index is 554. The van der Waals surface area contributed by atoms with E-state index in [4.69, 9.17) is 10.5 Å². The second-order valence-corrected chi connectivity index (χ2v) is 5.66. The zero-order valence-corrected chi connectivity index (χ0v) is 11.8. The molecule has 0 aliphatic heterocycles. The summed E-state index contributed by atoms with van der Waals surface area (Å²) in [5, 5.41) is 0.826. The molecule has 0 saturated carbocycles. The molecular formula is C14H17FN2OS. The second kappa shape index (κ2) is 6.12. The second-order valence-electron chi connectivity index (χ2n) is 4.49. The van der Waals surface area contributed by atoms with Crippen LogP contribution in [0.2, 0.25) is 0 Å². The molecule has 102 valence electrons. The van der Waals surface area contributed by atoms with Crippen LogP contribution in [-0.2, 0) is 13.2 Å². The first-order valence-electron chi connectivity index (χ1n) is 6.17. The largest absolute Gasteiger partial charge is 0.483 e. The van der Waals surface area contributed by atoms with Crippen LogP contribution in [0.25, 0.3) is 0 Å². The standard InChI is InChI=1S/C14H17FN2OS/c1-9(2)14-12(7-16)19-13(17-14)8-18-11-6-4-3-5-10(11)15/h3-6,9H,7-8,16H2,1-2H3. The Kier molecular flexibility index (Phi) is 4.50. The van der Waals surface area contributed by atoms with E-state index in [0.29, 0.717) is 12.5 Å². The molecule has 0 radical (unpaired) electrons. The maximum absolute atomic E-state index is 13.4. The van der Waals surface area contributed by atoms with Crippen molar-refractivity contribution in [2.45, 2.75) is 32.9 Å². The summed E-state index contributed by atoms with van der Waals surface area (Å²) in [6, 6.07) is 6.36. The van der Waals surface area contributed by atoms with Gasteiger partial charge in [0.25, 0.3) is 0 Å². The molecule has 0 saturated heterocycles. The molecule has 0 aliphatic rings. The minimum absolute atomic E-state index is 0.248. The number of nitrogens with two attached hydrogens (primary N) is 1. The fourth-order valence-corrected chi connectivity index (χ4v) is 2.79. The van der Waals surface area contributed by atoms with Gasteiger partial charge in [-0.05, 0) is 18.1 Å². The summed E-state index contributed by atoms with van der Waals surface area (Å²) in [6.07, 6.45) is 0. The first kappa shape index (κ1) is 14.0. The van der Waals surface area contributed by atoms with Crippen molar-refractivity contribution in [2.24, 2.45) is 5.73 Å². The van der Waals surface area contributed by atoms with Gasteiger partial charge in [-0.1, -0.05) is 26.0 Å². The Morgan fingerprint density at radius 3 is 2.68 bits per heavy atom. The summed E-state index contributed by atoms with van der Waals surface area (Å²) < 4.78 is 18.9. The highest BCUT2D eigenvalue weighted by Crippen LogP contribution is 2.26. The highest BCUT2D eigenvalue weighted by molar-refractivity contribution is 7.11. The fraction of sp³-hybridized carbons (Fsp3) is 0.357. The van der Waals surface area contributed by atoms with Gasteiger partial charge in [0.1, 0.15) is 11.6 Å². The van der Waals surface area contributed by atoms with Crippen LogP contribution in [0.4, 0.5) is 4.39 Å². The summed E-state index contributed by atoms with van der Waals surface area (Å²) in [5.41, 5.74) is 6.72. The molecule has 19 heavy (non-hydrogen) atoms. The van der Waals surface area contributed by atoms with Gasteiger partial charge in [-0.25, -0.2) is 9.37 Å². The van der Waals surface area contributed by atoms with E-state index in [1.807, 2.05) is 0 Å². The lowest BCUT2D eigenvalue weighted by molar-refractivity contribution is 0.289. The summed E-state index contributed by atoms with van der Waals surface area (Å²) in [7, 11) is 0. The molecule has 3 nitrogen and oxygen atoms in total. The molecule has 2 N–H and O–H groups in total. The van der Waals surface area contributed by atoms with Crippen LogP contribution in [0.15, 0.2) is 24.3 Å². The van der Waals surface area contributed by atoms with E-state index in [1.54, 1.807) is 18.2 Å². The van der Waals surface area contributed by atoms with Crippen LogP contribution in [0.1, 0.15) is 35.3 Å². The predicted octanol–water partition coefficient (Wildman–Crippen LogP) is 3.44. The molecule has 0 aliphatic carbocycles. The van der Waals surface area contributed by atoms with Gasteiger partial charge in [0.05, 0.1) is 5.69 Å². The number of ether oxygens (including phenoxy) is 1. The number of para-hydroxylation sites is 1. The Morgan fingerprint density at radius 2 is 2.11 bits per heavy atom. The molecule has 0 atom stereocenters. The molecule has 5 heteroatoms. The van der Waals surface area contributed by atoms with Crippen molar-refractivity contribution >= 4 is 11.3 Å². The van der Waals surface area contributed by atoms with E-state index in [0.717, 1.165) is 15.6 Å². The predicted molar refractivity (Wildman–Crippen MR) is 74.8 cm³/mol. The summed E-state index contributed by atoms with van der Waals surface area (Å²) >= 11 is 1.53. The minimum Gasteiger partial charge on any atom is -0.483 e. The SMILES string of the molecule is CC(C)c1nc(COc2ccccc2F)sc1CN. The normalized spacial score (nSPS) is 11.0. The van der Waals surface area contributed by atoms with E-state index in [1.165, 1.54) is 17.4 Å². The van der Waals surface area contributed by atoms with Crippen LogP contribution >= 0.6 is 11.3 Å². The van der Waals surface area contributed by atoms with Gasteiger partial charge >= 0.3 is 0 Å². The molecule has 0 bridgehead atoms. The molecule has 0 fully saturated rings. The number of benzene rings is 1. The van der Waals surface area contributed by atoms with Crippen molar-refractivity contribution in [1.82, 2.24) is 4.98 Å². The van der Waals surface area contributed by atoms with Crippen molar-refractivity contribution < 1.29 is 9.13 Å². The summed E-state index contributed by atoms with van der Waals surface area (Å²) in [4.78, 5) is 5.59. The van der Waals surface area contributed by atoms with Gasteiger partial charge in [0.2, 0.25) is 0 Å². The molecule has 2 rings (SSSR count). The quantitative estimate of drug-likeness (QED) is 0.912. The van der Waals surface area contributed by atoms with Crippen LogP contribution in [0.5, 0.6) is 5.75 Å². The third-order valence-corrected chi connectivity index (χ3v) is 3.76. The van der Waals surface area contributed by atoms with Crippen LogP contribution in [0, 0.1) is 5.82 Å². The van der Waals surface area contributed by atoms with E-state index in [2.05, 4.69) is 18.8 Å². The van der Waals surface area contributed by atoms with Gasteiger partial charge < -0.3 is 10.5 Å². The molecule has 0 unspecified atom stereocenters. The van der Waals surface area contributed by atoms with E-state index >= 15 is 0 Å². The summed E-state index contributed by atoms with van der Waals surface area (Å²) in [5.74, 6) is 0.220. The lowest BCUT2D eigenvalue weighted by atomic mass is 10.1. The average molecular weight is 280 g/mol. The van der Waals surface area contributed by atoms with Gasteiger partial charge in [-0.3, -0.25) is 0 Å². The molecule has 1 heterocycles. The fourth-order valence-electron chi connectivity index (χ4n) is 1.77. The van der Waals surface area contributed by atoms with Crippen molar-refractivity contribution in [3.63, 3.8) is 0 Å². The van der Waals surface area contributed by atoms with E-state index in [-0.39, 0.29) is 18.2 Å². The van der Waals surface area contributed by atoms with Crippen molar-refractivity contribution in [1.29, 1.82) is 0 Å². The third-order valence-electron chi connectivity index (χ3n) is 2.69. The number of hydrogen-bond donors (Lipinski definition) is 1. The Hall–Kier alpha value is -1.46. The number of thiazole rings is 1. The molecule has 2 aromatic rings. The van der Waals surface area contributed by atoms with Gasteiger partial charge in [-0.2, -0.15) is 0 Å². The number of rotatable bonds is 5. The van der Waals surface area contributed by atoms with Gasteiger partial charge in [0.15, 0.2) is 11.6 Å². The zero-order chi connectivity index (χ0) is 13.8. The molecule has 0 spiro atoms. The Labute approximate surface area is 116 Å². The average Bonchev–Trinajstić information content (AvgIpc) is 2.81. The number of halogens is 1. The Morgan fingerprint density at radius 1 is 1.37 bits per heavy atom. The van der Waals surface area contributed by atoms with Crippen molar-refractivity contribution in [3.8, 4) is 5.75 Å². The number of aromatic nitrogens is 1. The monoisotopic (exact) mass is 280 g/mol. The molecule has 0 amide bonds. The van der Waals surface area contributed by atoms with Crippen LogP contribution < -0.4 is 10.5 Å². The highest BCUT2D eigenvalue weighted by Gasteiger charge is 2.13. The maximum Gasteiger partial charge on any atom is 0.165 e. The first-order valence-corrected chi connectivity index (χ1v) is 6.99. The smallest absolute Gasteiger partial charge is 0.165 e. The van der Waals surface area contributed by atoms with Gasteiger partial charge in [0, 0.05) is 11.4 Å². The van der Waals surface area contributed by atoms with Gasteiger partial charge in [-0.15, -0.1) is 11.3 Å². The van der Waals surface area contributed by atoms with Crippen molar-refractivity contribution in [3.05, 3.63) is 45.7 Å². The number of hydrogen-bond acceptors (Lipinski definition) is 4. The molecule has 1 aromatic carbocycles. The van der Waals surface area contributed by atoms with Crippen LogP contribution in [0.3, 0.4) is 0 Å². The lowest BCUT2D eigenvalue weighted by Crippen LogP contribution is -2.00. The Balaban J connectivity index is 2.10. The maximum atomic E-state index is 13.4. The van der Waals surface area contributed by atoms with E-state index < -0.39 is 0 Å². The topological polar surface area (TPSA) is 48.1 Å². The third kappa shape index (κ3) is 3.30. The zero-order valence-electron chi connectivity index (χ0n) is 11.0. The van der Waals surface area contributed by atoms with Crippen LogP contribution in [-0.4, -0.2) is 4.98 Å². The highest BCUT2D eigenvalue weighted by atomic mass is 32.1. The molecule has 1 aromatic heterocycles. The number of nitrogens with zero attached hydrogens (tertiary/aromatic N) is 1. The first-order chi connectivity index (χ1) is 9.11. The van der Waals surface area contributed by atoms with E-state index in [9.17, 15) is 4.39 Å². The summed E-state index contributed by atoms with van der Waals surface area (Å²) in [6.45, 7) is 4.90.